The van der Waals surface area contributed by atoms with Gasteiger partial charge in [-0.2, -0.15) is 5.01 Å². The summed E-state index contributed by atoms with van der Waals surface area (Å²) in [7, 11) is 0. The third kappa shape index (κ3) is 5.49. The highest BCUT2D eigenvalue weighted by molar-refractivity contribution is 6.07. The van der Waals surface area contributed by atoms with Crippen molar-refractivity contribution in [3.8, 4) is 0 Å². The highest BCUT2D eigenvalue weighted by atomic mass is 16.2. The summed E-state index contributed by atoms with van der Waals surface area (Å²) < 4.78 is 0. The van der Waals surface area contributed by atoms with Crippen molar-refractivity contribution >= 4 is 17.8 Å². The van der Waals surface area contributed by atoms with E-state index in [1.165, 1.54) is 0 Å². The van der Waals surface area contributed by atoms with E-state index in [1.54, 1.807) is 6.92 Å². The molecule has 1 aliphatic rings. The molecule has 4 amide bonds. The van der Waals surface area contributed by atoms with Crippen molar-refractivity contribution in [2.24, 2.45) is 5.92 Å². The number of rotatable bonds is 9. The molecule has 0 aromatic heterocycles. The number of urea groups is 1. The largest absolute Gasteiger partial charge is 0.344 e. The van der Waals surface area contributed by atoms with Crippen LogP contribution in [0.2, 0.25) is 0 Å². The van der Waals surface area contributed by atoms with E-state index in [2.05, 4.69) is 29.9 Å². The number of carbonyl (C=O) groups is 3. The third-order valence-corrected chi connectivity index (χ3v) is 5.56. The second kappa shape index (κ2) is 9.75. The number of nitrogens with zero attached hydrogens (tertiary/aromatic N) is 1. The fourth-order valence-corrected chi connectivity index (χ4v) is 3.76. The molecule has 0 spiro atoms. The van der Waals surface area contributed by atoms with Crippen LogP contribution in [0.4, 0.5) is 4.79 Å². The molecule has 2 aromatic rings. The van der Waals surface area contributed by atoms with Crippen LogP contribution in [0.3, 0.4) is 0 Å². The zero-order valence-corrected chi connectivity index (χ0v) is 18.2. The summed E-state index contributed by atoms with van der Waals surface area (Å²) in [4.78, 5) is 37.7. The van der Waals surface area contributed by atoms with E-state index in [0.29, 0.717) is 12.8 Å². The van der Waals surface area contributed by atoms with Crippen molar-refractivity contribution in [2.45, 2.75) is 45.2 Å². The van der Waals surface area contributed by atoms with Gasteiger partial charge in [0.1, 0.15) is 5.54 Å². The van der Waals surface area contributed by atoms with Gasteiger partial charge >= 0.3 is 6.03 Å². The average molecular weight is 423 g/mol. The molecule has 1 fully saturated rings. The number of carbonyl (C=O) groups excluding carboxylic acids is 3. The molecule has 2 aromatic carbocycles. The molecule has 3 rings (SSSR count). The minimum absolute atomic E-state index is 0.0183. The van der Waals surface area contributed by atoms with E-state index in [9.17, 15) is 14.4 Å². The molecule has 1 heterocycles. The molecule has 0 aliphatic carbocycles. The van der Waals surface area contributed by atoms with E-state index >= 15 is 0 Å². The first-order chi connectivity index (χ1) is 14.8. The van der Waals surface area contributed by atoms with Gasteiger partial charge in [-0.15, -0.1) is 0 Å². The fraction of sp³-hybridized carbons (Fsp3) is 0.375. The van der Waals surface area contributed by atoms with E-state index in [-0.39, 0.29) is 18.5 Å². The maximum Gasteiger partial charge on any atom is 0.344 e. The number of amides is 4. The summed E-state index contributed by atoms with van der Waals surface area (Å²) >= 11 is 0. The Morgan fingerprint density at radius 1 is 1.03 bits per heavy atom. The van der Waals surface area contributed by atoms with Crippen LogP contribution in [0.5, 0.6) is 0 Å². The number of nitrogens with one attached hydrogen (secondary N) is 3. The normalized spacial score (nSPS) is 19.4. The first-order valence-corrected chi connectivity index (χ1v) is 10.6. The fourth-order valence-electron chi connectivity index (χ4n) is 3.76. The summed E-state index contributed by atoms with van der Waals surface area (Å²) in [5, 5.41) is 6.74. The number of aryl methyl sites for hydroxylation is 1. The average Bonchev–Trinajstić information content (AvgIpc) is 2.97. The maximum absolute atomic E-state index is 12.9. The highest BCUT2D eigenvalue weighted by Gasteiger charge is 2.48. The molecule has 0 bridgehead atoms. The van der Waals surface area contributed by atoms with Gasteiger partial charge in [0, 0.05) is 6.04 Å². The zero-order valence-electron chi connectivity index (χ0n) is 18.2. The lowest BCUT2D eigenvalue weighted by Gasteiger charge is -2.24. The van der Waals surface area contributed by atoms with Gasteiger partial charge < -0.3 is 10.6 Å². The predicted octanol–water partition coefficient (Wildman–Crippen LogP) is 2.95. The molecule has 7 heteroatoms. The standard InChI is InChI=1S/C24H30N4O3/c1-17(2)21(19-12-8-5-9-13-19)25-16-20(29)27-28-22(30)24(3,26-23(28)31)15-14-18-10-6-4-7-11-18/h4-13,17,21,25H,14-16H2,1-3H3,(H,26,31)(H,27,29)/t21-,24-/m0/s1. The highest BCUT2D eigenvalue weighted by Crippen LogP contribution is 2.23. The smallest absolute Gasteiger partial charge is 0.322 e. The lowest BCUT2D eigenvalue weighted by molar-refractivity contribution is -0.138. The van der Waals surface area contributed by atoms with Crippen LogP contribution >= 0.6 is 0 Å². The van der Waals surface area contributed by atoms with Crippen LogP contribution in [-0.4, -0.2) is 34.9 Å². The second-order valence-corrected chi connectivity index (χ2v) is 8.44. The Morgan fingerprint density at radius 3 is 2.26 bits per heavy atom. The number of imide groups is 1. The van der Waals surface area contributed by atoms with Crippen LogP contribution in [-0.2, 0) is 16.0 Å². The van der Waals surface area contributed by atoms with Crippen LogP contribution in [0.25, 0.3) is 0 Å². The van der Waals surface area contributed by atoms with Crippen molar-refractivity contribution < 1.29 is 14.4 Å². The van der Waals surface area contributed by atoms with Gasteiger partial charge in [-0.3, -0.25) is 15.0 Å². The Kier molecular flexibility index (Phi) is 7.07. The Bertz CT molecular complexity index is 917. The first kappa shape index (κ1) is 22.5. The number of hydrogen-bond acceptors (Lipinski definition) is 4. The first-order valence-electron chi connectivity index (χ1n) is 10.6. The van der Waals surface area contributed by atoms with Crippen LogP contribution in [0.1, 0.15) is 44.4 Å². The minimum atomic E-state index is -1.06. The number of benzene rings is 2. The van der Waals surface area contributed by atoms with E-state index in [1.807, 2.05) is 60.7 Å². The van der Waals surface area contributed by atoms with Crippen molar-refractivity contribution in [1.82, 2.24) is 21.1 Å². The lowest BCUT2D eigenvalue weighted by atomic mass is 9.93. The third-order valence-electron chi connectivity index (χ3n) is 5.56. The van der Waals surface area contributed by atoms with Gasteiger partial charge in [0.25, 0.3) is 11.8 Å². The molecular formula is C24H30N4O3. The van der Waals surface area contributed by atoms with Crippen molar-refractivity contribution in [2.75, 3.05) is 6.54 Å². The van der Waals surface area contributed by atoms with Crippen molar-refractivity contribution in [1.29, 1.82) is 0 Å². The Balaban J connectivity index is 1.57. The van der Waals surface area contributed by atoms with E-state index in [0.717, 1.165) is 16.1 Å². The van der Waals surface area contributed by atoms with Gasteiger partial charge in [-0.05, 0) is 36.8 Å². The predicted molar refractivity (Wildman–Crippen MR) is 119 cm³/mol. The number of hydrazine groups is 1. The van der Waals surface area contributed by atoms with E-state index < -0.39 is 23.4 Å². The van der Waals surface area contributed by atoms with Crippen molar-refractivity contribution in [3.05, 3.63) is 71.8 Å². The van der Waals surface area contributed by atoms with Gasteiger partial charge in [0.15, 0.2) is 0 Å². The zero-order chi connectivity index (χ0) is 22.4. The summed E-state index contributed by atoms with van der Waals surface area (Å²) in [6.07, 6.45) is 1.08. The Hall–Kier alpha value is -3.19. The molecule has 1 aliphatic heterocycles. The summed E-state index contributed by atoms with van der Waals surface area (Å²) in [6.45, 7) is 5.80. The molecule has 7 nitrogen and oxygen atoms in total. The van der Waals surface area contributed by atoms with Gasteiger partial charge in [0.2, 0.25) is 0 Å². The Labute approximate surface area is 183 Å². The minimum Gasteiger partial charge on any atom is -0.322 e. The topological polar surface area (TPSA) is 90.5 Å². The van der Waals surface area contributed by atoms with Crippen LogP contribution < -0.4 is 16.1 Å². The molecular weight excluding hydrogens is 392 g/mol. The maximum atomic E-state index is 12.9. The number of hydrogen-bond donors (Lipinski definition) is 3. The molecule has 0 unspecified atom stereocenters. The molecule has 1 saturated heterocycles. The SMILES string of the molecule is CC(C)[C@H](NCC(=O)NN1C(=O)N[C@@](C)(CCc2ccccc2)C1=O)c1ccccc1. The van der Waals surface area contributed by atoms with Crippen LogP contribution in [0.15, 0.2) is 60.7 Å². The molecule has 164 valence electrons. The van der Waals surface area contributed by atoms with Gasteiger partial charge in [-0.1, -0.05) is 74.5 Å². The lowest BCUT2D eigenvalue weighted by Crippen LogP contribution is -2.51. The summed E-state index contributed by atoms with van der Waals surface area (Å²) in [5.41, 5.74) is 3.55. The Morgan fingerprint density at radius 2 is 1.65 bits per heavy atom. The molecule has 0 saturated carbocycles. The summed E-state index contributed by atoms with van der Waals surface area (Å²) in [5.74, 6) is -0.643. The molecule has 2 atom stereocenters. The van der Waals surface area contributed by atoms with Gasteiger partial charge in [-0.25, -0.2) is 4.79 Å². The molecule has 3 N–H and O–H groups in total. The quantitative estimate of drug-likeness (QED) is 0.542. The summed E-state index contributed by atoms with van der Waals surface area (Å²) in [6, 6.07) is 19.0. The molecule has 31 heavy (non-hydrogen) atoms. The van der Waals surface area contributed by atoms with Crippen molar-refractivity contribution in [3.63, 3.8) is 0 Å². The van der Waals surface area contributed by atoms with E-state index in [4.69, 9.17) is 0 Å². The van der Waals surface area contributed by atoms with Gasteiger partial charge in [0.05, 0.1) is 6.54 Å². The molecule has 0 radical (unpaired) electrons. The van der Waals surface area contributed by atoms with Crippen LogP contribution in [0, 0.1) is 5.92 Å². The monoisotopic (exact) mass is 422 g/mol. The second-order valence-electron chi connectivity index (χ2n) is 8.44.